The van der Waals surface area contributed by atoms with Crippen molar-refractivity contribution in [2.75, 3.05) is 50.7 Å². The summed E-state index contributed by atoms with van der Waals surface area (Å²) in [5.74, 6) is 0.739. The molecule has 9 heteroatoms. The second-order valence-corrected chi connectivity index (χ2v) is 12.1. The van der Waals surface area contributed by atoms with Crippen LogP contribution >= 0.6 is 0 Å². The quantitative estimate of drug-likeness (QED) is 0.627. The molecule has 1 aromatic carbocycles. The van der Waals surface area contributed by atoms with Gasteiger partial charge in [0.25, 0.3) is 5.56 Å². The third-order valence-corrected chi connectivity index (χ3v) is 9.76. The molecule has 1 aliphatic carbocycles. The number of carbonyl (C=O) groups excluding carboxylic acids is 1. The number of piperidine rings is 2. The van der Waals surface area contributed by atoms with Gasteiger partial charge in [0, 0.05) is 57.3 Å². The van der Waals surface area contributed by atoms with Crippen LogP contribution in [0.15, 0.2) is 47.5 Å². The summed E-state index contributed by atoms with van der Waals surface area (Å²) in [6.07, 6.45) is 9.36. The Kier molecular flexibility index (Phi) is 7.37. The van der Waals surface area contributed by atoms with Gasteiger partial charge in [-0.1, -0.05) is 43.2 Å². The van der Waals surface area contributed by atoms with Gasteiger partial charge >= 0.3 is 6.03 Å². The third-order valence-electron chi connectivity index (χ3n) is 9.76. The number of hydrogen-bond donors (Lipinski definition) is 2. The summed E-state index contributed by atoms with van der Waals surface area (Å²) in [6, 6.07) is 11.9. The van der Waals surface area contributed by atoms with Crippen molar-refractivity contribution in [2.24, 2.45) is 5.41 Å². The number of nitrogens with zero attached hydrogens (tertiary/aromatic N) is 5. The Labute approximate surface area is 230 Å². The zero-order valence-corrected chi connectivity index (χ0v) is 22.9. The highest BCUT2D eigenvalue weighted by Gasteiger charge is 2.56. The highest BCUT2D eigenvalue weighted by Crippen LogP contribution is 2.51. The number of urea groups is 1. The molecule has 2 aromatic rings. The van der Waals surface area contributed by atoms with Gasteiger partial charge in [-0.15, -0.1) is 0 Å². The molecular weight excluding hydrogens is 492 g/mol. The van der Waals surface area contributed by atoms with E-state index in [-0.39, 0.29) is 24.2 Å². The number of aromatic nitrogens is 2. The lowest BCUT2D eigenvalue weighted by Crippen LogP contribution is -2.64. The maximum absolute atomic E-state index is 14.0. The first-order valence-electron chi connectivity index (χ1n) is 14.8. The molecule has 0 bridgehead atoms. The Hall–Kier alpha value is -2.91. The molecule has 3 aliphatic heterocycles. The van der Waals surface area contributed by atoms with E-state index < -0.39 is 11.0 Å². The van der Waals surface area contributed by atoms with Crippen molar-refractivity contribution in [1.29, 1.82) is 0 Å². The zero-order chi connectivity index (χ0) is 26.9. The van der Waals surface area contributed by atoms with E-state index in [0.717, 1.165) is 76.1 Å². The Morgan fingerprint density at radius 1 is 1.00 bits per heavy atom. The molecule has 1 saturated carbocycles. The number of benzene rings is 1. The molecule has 2 N–H and O–H groups in total. The fourth-order valence-corrected chi connectivity index (χ4v) is 7.46. The molecule has 6 rings (SSSR count). The number of aliphatic hydroxyl groups is 1. The van der Waals surface area contributed by atoms with Crippen molar-refractivity contribution in [3.63, 3.8) is 0 Å². The predicted molar refractivity (Wildman–Crippen MR) is 151 cm³/mol. The molecule has 3 saturated heterocycles. The highest BCUT2D eigenvalue weighted by atomic mass is 16.3. The average molecular weight is 535 g/mol. The number of rotatable bonds is 4. The number of piperazine rings is 1. The average Bonchev–Trinajstić information content (AvgIpc) is 3.46. The standard InChI is InChI=1S/C30H42N6O3/c37-27-19-26(33-15-7-2-8-16-33)32-23-35(27)22-30(39)13-17-34(21-29(30)11-5-6-12-29)28(38)36-18-14-31-20-25(36)24-9-3-1-4-10-24/h1,3-4,9-10,19,23,25,31,39H,2,5-8,11-18,20-22H2/t25-,30+/m0/s1. The van der Waals surface area contributed by atoms with Crippen LogP contribution in [-0.4, -0.2) is 81.9 Å². The molecule has 4 heterocycles. The predicted octanol–water partition coefficient (Wildman–Crippen LogP) is 3.00. The maximum Gasteiger partial charge on any atom is 0.320 e. The fourth-order valence-electron chi connectivity index (χ4n) is 7.46. The number of amides is 2. The lowest BCUT2D eigenvalue weighted by Gasteiger charge is -2.53. The van der Waals surface area contributed by atoms with Crippen LogP contribution in [-0.2, 0) is 6.54 Å². The molecule has 2 atom stereocenters. The minimum absolute atomic E-state index is 0.00383. The smallest absolute Gasteiger partial charge is 0.320 e. The second-order valence-electron chi connectivity index (χ2n) is 12.1. The SMILES string of the molecule is O=C(N1CC[C@@](O)(Cn2cnc(N3CCCCC3)cc2=O)C2(CCCC2)C1)N1CCNC[C@H]1c1ccccc1. The van der Waals surface area contributed by atoms with Gasteiger partial charge in [0.2, 0.25) is 0 Å². The van der Waals surface area contributed by atoms with Gasteiger partial charge < -0.3 is 25.1 Å². The lowest BCUT2D eigenvalue weighted by molar-refractivity contribution is -0.137. The minimum atomic E-state index is -1.05. The van der Waals surface area contributed by atoms with Crippen LogP contribution in [0, 0.1) is 5.41 Å². The van der Waals surface area contributed by atoms with Crippen molar-refractivity contribution in [2.45, 2.75) is 69.6 Å². The van der Waals surface area contributed by atoms with E-state index in [1.165, 1.54) is 6.42 Å². The molecule has 39 heavy (non-hydrogen) atoms. The fraction of sp³-hybridized carbons (Fsp3) is 0.633. The van der Waals surface area contributed by atoms with E-state index in [4.69, 9.17) is 0 Å². The summed E-state index contributed by atoms with van der Waals surface area (Å²) < 4.78 is 1.59. The normalized spacial score (nSPS) is 27.2. The molecule has 1 aromatic heterocycles. The number of nitrogens with one attached hydrogen (secondary N) is 1. The Bertz CT molecular complexity index is 1210. The van der Waals surface area contributed by atoms with Crippen LogP contribution in [0.25, 0.3) is 0 Å². The van der Waals surface area contributed by atoms with Gasteiger partial charge in [0.1, 0.15) is 5.82 Å². The van der Waals surface area contributed by atoms with Crippen LogP contribution in [0.4, 0.5) is 10.6 Å². The summed E-state index contributed by atoms with van der Waals surface area (Å²) in [6.45, 7) is 5.29. The van der Waals surface area contributed by atoms with Crippen LogP contribution in [0.2, 0.25) is 0 Å². The van der Waals surface area contributed by atoms with Crippen molar-refractivity contribution < 1.29 is 9.90 Å². The van der Waals surface area contributed by atoms with Gasteiger partial charge in [-0.25, -0.2) is 9.78 Å². The molecule has 1 spiro atoms. The van der Waals surface area contributed by atoms with Crippen molar-refractivity contribution in [1.82, 2.24) is 24.7 Å². The Morgan fingerprint density at radius 2 is 1.77 bits per heavy atom. The Morgan fingerprint density at radius 3 is 2.51 bits per heavy atom. The molecular formula is C30H42N6O3. The zero-order valence-electron chi connectivity index (χ0n) is 22.9. The van der Waals surface area contributed by atoms with Crippen molar-refractivity contribution in [3.05, 3.63) is 58.6 Å². The van der Waals surface area contributed by atoms with Gasteiger partial charge in [0.15, 0.2) is 0 Å². The molecule has 0 unspecified atom stereocenters. The summed E-state index contributed by atoms with van der Waals surface area (Å²) >= 11 is 0. The van der Waals surface area contributed by atoms with Crippen LogP contribution in [0.5, 0.6) is 0 Å². The van der Waals surface area contributed by atoms with Crippen LogP contribution in [0.1, 0.15) is 63.0 Å². The second kappa shape index (κ2) is 10.9. The monoisotopic (exact) mass is 534 g/mol. The largest absolute Gasteiger partial charge is 0.387 e. The van der Waals surface area contributed by atoms with E-state index in [2.05, 4.69) is 27.3 Å². The number of hydrogen-bond acceptors (Lipinski definition) is 6. The van der Waals surface area contributed by atoms with Crippen LogP contribution in [0.3, 0.4) is 0 Å². The summed E-state index contributed by atoms with van der Waals surface area (Å²) in [4.78, 5) is 37.9. The minimum Gasteiger partial charge on any atom is -0.387 e. The molecule has 210 valence electrons. The van der Waals surface area contributed by atoms with E-state index in [0.29, 0.717) is 26.1 Å². The van der Waals surface area contributed by atoms with Gasteiger partial charge in [-0.05, 0) is 44.1 Å². The number of likely N-dealkylation sites (tertiary alicyclic amines) is 1. The third kappa shape index (κ3) is 5.07. The van der Waals surface area contributed by atoms with E-state index >= 15 is 0 Å². The summed E-state index contributed by atoms with van der Waals surface area (Å²) in [5, 5.41) is 15.6. The number of anilines is 1. The lowest BCUT2D eigenvalue weighted by atomic mass is 9.66. The molecule has 9 nitrogen and oxygen atoms in total. The maximum atomic E-state index is 14.0. The molecule has 2 amide bonds. The van der Waals surface area contributed by atoms with Gasteiger partial charge in [-0.2, -0.15) is 0 Å². The molecule has 0 radical (unpaired) electrons. The highest BCUT2D eigenvalue weighted by molar-refractivity contribution is 5.75. The number of carbonyl (C=O) groups is 1. The first kappa shape index (κ1) is 26.3. The first-order chi connectivity index (χ1) is 19.0. The van der Waals surface area contributed by atoms with Crippen molar-refractivity contribution >= 4 is 11.8 Å². The van der Waals surface area contributed by atoms with E-state index in [9.17, 15) is 14.7 Å². The van der Waals surface area contributed by atoms with Gasteiger partial charge in [0.05, 0.1) is 24.5 Å². The summed E-state index contributed by atoms with van der Waals surface area (Å²) in [7, 11) is 0. The topological polar surface area (TPSA) is 93.9 Å². The summed E-state index contributed by atoms with van der Waals surface area (Å²) in [5.41, 5.74) is -0.442. The Balaban J connectivity index is 1.20. The van der Waals surface area contributed by atoms with Crippen LogP contribution < -0.4 is 15.8 Å². The molecule has 4 fully saturated rings. The first-order valence-corrected chi connectivity index (χ1v) is 14.8. The molecule has 4 aliphatic rings. The van der Waals surface area contributed by atoms with E-state index in [1.807, 2.05) is 28.0 Å². The van der Waals surface area contributed by atoms with Gasteiger partial charge in [-0.3, -0.25) is 9.36 Å². The van der Waals surface area contributed by atoms with E-state index in [1.54, 1.807) is 17.0 Å². The van der Waals surface area contributed by atoms with Crippen molar-refractivity contribution in [3.8, 4) is 0 Å².